The summed E-state index contributed by atoms with van der Waals surface area (Å²) in [6, 6.07) is 0.672. The molecule has 3 heteroatoms. The number of hydrogen-bond acceptors (Lipinski definition) is 3. The predicted octanol–water partition coefficient (Wildman–Crippen LogP) is 0.297. The van der Waals surface area contributed by atoms with Gasteiger partial charge in [-0.3, -0.25) is 4.90 Å². The van der Waals surface area contributed by atoms with Crippen molar-refractivity contribution in [3.05, 3.63) is 0 Å². The van der Waals surface area contributed by atoms with Crippen LogP contribution in [0.4, 0.5) is 0 Å². The molecule has 2 fully saturated rings. The summed E-state index contributed by atoms with van der Waals surface area (Å²) in [5.41, 5.74) is 0. The van der Waals surface area contributed by atoms with Gasteiger partial charge in [0.25, 0.3) is 0 Å². The fourth-order valence-corrected chi connectivity index (χ4v) is 2.72. The predicted molar refractivity (Wildman–Crippen MR) is 57.2 cm³/mol. The highest BCUT2D eigenvalue weighted by Crippen LogP contribution is 2.26. The highest BCUT2D eigenvalue weighted by Gasteiger charge is 2.39. The lowest BCUT2D eigenvalue weighted by Crippen LogP contribution is -2.60. The minimum absolute atomic E-state index is 0.0587. The average molecular weight is 198 g/mol. The Morgan fingerprint density at radius 3 is 2.43 bits per heavy atom. The maximum absolute atomic E-state index is 9.99. The lowest BCUT2D eigenvalue weighted by molar-refractivity contribution is -0.0507. The Hall–Kier alpha value is -0.120. The SMILES string of the molecule is CCC(C)N1CC2CNCC(C1)C2O. The molecule has 2 aliphatic heterocycles. The lowest BCUT2D eigenvalue weighted by Gasteiger charge is -2.47. The normalized spacial score (nSPS) is 40.9. The zero-order valence-electron chi connectivity index (χ0n) is 9.24. The van der Waals surface area contributed by atoms with E-state index in [0.717, 1.165) is 26.2 Å². The van der Waals surface area contributed by atoms with Gasteiger partial charge in [-0.2, -0.15) is 0 Å². The van der Waals surface area contributed by atoms with Gasteiger partial charge in [0.2, 0.25) is 0 Å². The van der Waals surface area contributed by atoms with Crippen LogP contribution in [0.5, 0.6) is 0 Å². The molecule has 14 heavy (non-hydrogen) atoms. The second-order valence-corrected chi connectivity index (χ2v) is 4.88. The molecule has 3 unspecified atom stereocenters. The monoisotopic (exact) mass is 198 g/mol. The molecule has 0 aromatic rings. The van der Waals surface area contributed by atoms with E-state index in [-0.39, 0.29) is 6.10 Å². The van der Waals surface area contributed by atoms with Gasteiger partial charge in [-0.1, -0.05) is 6.92 Å². The maximum atomic E-state index is 9.99. The highest BCUT2D eigenvalue weighted by atomic mass is 16.3. The molecule has 2 rings (SSSR count). The number of nitrogens with one attached hydrogen (secondary N) is 1. The minimum atomic E-state index is -0.0587. The molecule has 3 nitrogen and oxygen atoms in total. The van der Waals surface area contributed by atoms with Crippen molar-refractivity contribution >= 4 is 0 Å². The van der Waals surface area contributed by atoms with E-state index in [1.54, 1.807) is 0 Å². The van der Waals surface area contributed by atoms with E-state index in [1.165, 1.54) is 6.42 Å². The number of likely N-dealkylation sites (tertiary alicyclic amines) is 1. The summed E-state index contributed by atoms with van der Waals surface area (Å²) in [7, 11) is 0. The number of nitrogens with zero attached hydrogens (tertiary/aromatic N) is 1. The quantitative estimate of drug-likeness (QED) is 0.670. The van der Waals surface area contributed by atoms with Crippen molar-refractivity contribution in [2.45, 2.75) is 32.4 Å². The van der Waals surface area contributed by atoms with Crippen LogP contribution in [0.25, 0.3) is 0 Å². The summed E-state index contributed by atoms with van der Waals surface area (Å²) in [6.45, 7) is 8.65. The van der Waals surface area contributed by atoms with Crippen LogP contribution in [0.2, 0.25) is 0 Å². The van der Waals surface area contributed by atoms with Crippen molar-refractivity contribution in [1.29, 1.82) is 0 Å². The van der Waals surface area contributed by atoms with E-state index in [1.807, 2.05) is 0 Å². The van der Waals surface area contributed by atoms with Gasteiger partial charge in [-0.05, 0) is 13.3 Å². The Bertz CT molecular complexity index is 184. The van der Waals surface area contributed by atoms with Crippen LogP contribution in [-0.2, 0) is 0 Å². The van der Waals surface area contributed by atoms with Crippen molar-refractivity contribution in [1.82, 2.24) is 10.2 Å². The third kappa shape index (κ3) is 1.81. The molecule has 82 valence electrons. The third-order valence-corrected chi connectivity index (χ3v) is 3.93. The van der Waals surface area contributed by atoms with Crippen molar-refractivity contribution in [3.8, 4) is 0 Å². The molecule has 0 aliphatic carbocycles. The summed E-state index contributed by atoms with van der Waals surface area (Å²) in [5, 5.41) is 13.4. The summed E-state index contributed by atoms with van der Waals surface area (Å²) < 4.78 is 0. The van der Waals surface area contributed by atoms with Gasteiger partial charge in [-0.25, -0.2) is 0 Å². The molecule has 0 spiro atoms. The molecule has 2 bridgehead atoms. The summed E-state index contributed by atoms with van der Waals surface area (Å²) >= 11 is 0. The van der Waals surface area contributed by atoms with Gasteiger partial charge in [0.05, 0.1) is 6.10 Å². The van der Waals surface area contributed by atoms with E-state index in [2.05, 4.69) is 24.1 Å². The van der Waals surface area contributed by atoms with Crippen LogP contribution in [0.15, 0.2) is 0 Å². The van der Waals surface area contributed by atoms with Crippen molar-refractivity contribution in [2.75, 3.05) is 26.2 Å². The third-order valence-electron chi connectivity index (χ3n) is 3.93. The minimum Gasteiger partial charge on any atom is -0.392 e. The first-order valence-corrected chi connectivity index (χ1v) is 5.85. The molecule has 2 aliphatic rings. The van der Waals surface area contributed by atoms with Gasteiger partial charge >= 0.3 is 0 Å². The molecule has 0 saturated carbocycles. The van der Waals surface area contributed by atoms with Crippen LogP contribution in [0, 0.1) is 11.8 Å². The number of aliphatic hydroxyl groups excluding tert-OH is 1. The molecular weight excluding hydrogens is 176 g/mol. The first-order chi connectivity index (χ1) is 6.72. The van der Waals surface area contributed by atoms with Crippen LogP contribution in [0.1, 0.15) is 20.3 Å². The van der Waals surface area contributed by atoms with Gasteiger partial charge in [0, 0.05) is 44.1 Å². The molecule has 0 aromatic heterocycles. The molecule has 0 amide bonds. The lowest BCUT2D eigenvalue weighted by atomic mass is 9.82. The molecule has 3 atom stereocenters. The Morgan fingerprint density at radius 1 is 1.36 bits per heavy atom. The van der Waals surface area contributed by atoms with E-state index >= 15 is 0 Å². The molecule has 0 radical (unpaired) electrons. The zero-order valence-corrected chi connectivity index (χ0v) is 9.24. The standard InChI is InChI=1S/C11H22N2O/c1-3-8(2)13-6-9-4-12-5-10(7-13)11(9)14/h8-12,14H,3-7H2,1-2H3. The van der Waals surface area contributed by atoms with Gasteiger partial charge < -0.3 is 10.4 Å². The fraction of sp³-hybridized carbons (Fsp3) is 1.00. The first-order valence-electron chi connectivity index (χ1n) is 5.85. The van der Waals surface area contributed by atoms with E-state index in [0.29, 0.717) is 17.9 Å². The largest absolute Gasteiger partial charge is 0.392 e. The number of piperidine rings is 2. The first kappa shape index (κ1) is 10.4. The number of rotatable bonds is 2. The summed E-state index contributed by atoms with van der Waals surface area (Å²) in [5.74, 6) is 0.910. The topological polar surface area (TPSA) is 35.5 Å². The van der Waals surface area contributed by atoms with Gasteiger partial charge in [0.15, 0.2) is 0 Å². The number of hydrogen-bond donors (Lipinski definition) is 2. The second-order valence-electron chi connectivity index (χ2n) is 4.88. The Kier molecular flexibility index (Phi) is 3.10. The number of fused-ring (bicyclic) bond motifs is 2. The molecule has 2 heterocycles. The van der Waals surface area contributed by atoms with Crippen LogP contribution < -0.4 is 5.32 Å². The van der Waals surface area contributed by atoms with Crippen LogP contribution in [0.3, 0.4) is 0 Å². The van der Waals surface area contributed by atoms with Crippen molar-refractivity contribution in [3.63, 3.8) is 0 Å². The van der Waals surface area contributed by atoms with E-state index in [9.17, 15) is 5.11 Å². The van der Waals surface area contributed by atoms with Gasteiger partial charge in [-0.15, -0.1) is 0 Å². The Balaban J connectivity index is 2.00. The summed E-state index contributed by atoms with van der Waals surface area (Å²) in [6.07, 6.45) is 1.15. The Labute approximate surface area is 86.5 Å². The van der Waals surface area contributed by atoms with Gasteiger partial charge in [0.1, 0.15) is 0 Å². The zero-order chi connectivity index (χ0) is 10.1. The molecule has 2 saturated heterocycles. The second kappa shape index (κ2) is 4.17. The highest BCUT2D eigenvalue weighted by molar-refractivity contribution is 4.93. The van der Waals surface area contributed by atoms with Crippen LogP contribution >= 0.6 is 0 Å². The molecule has 0 aromatic carbocycles. The number of aliphatic hydroxyl groups is 1. The molecular formula is C11H22N2O. The van der Waals surface area contributed by atoms with Crippen molar-refractivity contribution in [2.24, 2.45) is 11.8 Å². The van der Waals surface area contributed by atoms with Crippen LogP contribution in [-0.4, -0.2) is 48.3 Å². The fourth-order valence-electron chi connectivity index (χ4n) is 2.72. The maximum Gasteiger partial charge on any atom is 0.0645 e. The smallest absolute Gasteiger partial charge is 0.0645 e. The Morgan fingerprint density at radius 2 is 1.93 bits per heavy atom. The van der Waals surface area contributed by atoms with E-state index in [4.69, 9.17) is 0 Å². The average Bonchev–Trinajstić information content (AvgIpc) is 2.16. The van der Waals surface area contributed by atoms with Crippen molar-refractivity contribution < 1.29 is 5.11 Å². The molecule has 2 N–H and O–H groups in total. The van der Waals surface area contributed by atoms with E-state index < -0.39 is 0 Å². The summed E-state index contributed by atoms with van der Waals surface area (Å²) in [4.78, 5) is 2.54.